The Morgan fingerprint density at radius 2 is 2.11 bits per heavy atom. The van der Waals surface area contributed by atoms with Gasteiger partial charge < -0.3 is 14.9 Å². The molecule has 1 heterocycles. The minimum atomic E-state index is -1.25. The molecule has 0 bridgehead atoms. The van der Waals surface area contributed by atoms with Gasteiger partial charge in [0.1, 0.15) is 5.75 Å². The van der Waals surface area contributed by atoms with Crippen LogP contribution in [0.1, 0.15) is 27.8 Å². The number of nitrogens with zero attached hydrogens (tertiary/aromatic N) is 1. The summed E-state index contributed by atoms with van der Waals surface area (Å²) in [7, 11) is 0. The fraction of sp³-hybridized carbons (Fsp3) is 0.154. The Labute approximate surface area is 108 Å². The van der Waals surface area contributed by atoms with Crippen LogP contribution in [0.5, 0.6) is 5.75 Å². The van der Waals surface area contributed by atoms with Crippen molar-refractivity contribution in [3.63, 3.8) is 0 Å². The molecule has 98 valence electrons. The molecule has 0 spiro atoms. The summed E-state index contributed by atoms with van der Waals surface area (Å²) in [6.07, 6.45) is 0. The fourth-order valence-corrected chi connectivity index (χ4v) is 1.75. The van der Waals surface area contributed by atoms with Crippen LogP contribution in [0.4, 0.5) is 0 Å². The topological polar surface area (TPSA) is 96.7 Å². The molecule has 2 rings (SSSR count). The van der Waals surface area contributed by atoms with E-state index in [-0.39, 0.29) is 34.5 Å². The third kappa shape index (κ3) is 2.33. The van der Waals surface area contributed by atoms with E-state index in [0.29, 0.717) is 0 Å². The van der Waals surface area contributed by atoms with Gasteiger partial charge in [-0.3, -0.25) is 0 Å². The molecule has 19 heavy (non-hydrogen) atoms. The number of hydrogen-bond donors (Lipinski definition) is 2. The van der Waals surface area contributed by atoms with Crippen molar-refractivity contribution in [2.75, 3.05) is 6.61 Å². The highest BCUT2D eigenvalue weighted by Gasteiger charge is 2.17. The third-order valence-corrected chi connectivity index (χ3v) is 2.53. The second-order valence-electron chi connectivity index (χ2n) is 3.75. The maximum Gasteiger partial charge on any atom is 0.354 e. The average molecular weight is 261 g/mol. The maximum atomic E-state index is 11.8. The summed E-state index contributed by atoms with van der Waals surface area (Å²) < 4.78 is 4.87. The van der Waals surface area contributed by atoms with Crippen molar-refractivity contribution in [2.45, 2.75) is 6.92 Å². The van der Waals surface area contributed by atoms with Crippen LogP contribution in [0.3, 0.4) is 0 Å². The first-order valence-electron chi connectivity index (χ1n) is 5.57. The number of carbonyl (C=O) groups is 2. The van der Waals surface area contributed by atoms with Gasteiger partial charge in [-0.1, -0.05) is 6.07 Å². The van der Waals surface area contributed by atoms with Crippen LogP contribution in [0.15, 0.2) is 24.3 Å². The van der Waals surface area contributed by atoms with Crippen LogP contribution in [0, 0.1) is 0 Å². The van der Waals surface area contributed by atoms with Gasteiger partial charge in [0.25, 0.3) is 0 Å². The number of aromatic nitrogens is 1. The lowest BCUT2D eigenvalue weighted by Crippen LogP contribution is -2.07. The van der Waals surface area contributed by atoms with Crippen LogP contribution in [-0.4, -0.2) is 33.7 Å². The summed E-state index contributed by atoms with van der Waals surface area (Å²) in [5.74, 6) is -2.15. The Balaban J connectivity index is 2.69. The first-order valence-corrected chi connectivity index (χ1v) is 5.57. The van der Waals surface area contributed by atoms with Crippen molar-refractivity contribution >= 4 is 22.8 Å². The van der Waals surface area contributed by atoms with E-state index in [4.69, 9.17) is 9.84 Å². The first-order chi connectivity index (χ1) is 9.04. The van der Waals surface area contributed by atoms with Gasteiger partial charge in [0, 0.05) is 6.07 Å². The van der Waals surface area contributed by atoms with Crippen LogP contribution >= 0.6 is 0 Å². The maximum absolute atomic E-state index is 11.8. The molecule has 0 saturated heterocycles. The SMILES string of the molecule is CCOC(=O)c1cccc2nc(C(=O)O)cc(O)c12. The molecule has 0 aliphatic carbocycles. The van der Waals surface area contributed by atoms with E-state index in [2.05, 4.69) is 4.98 Å². The largest absolute Gasteiger partial charge is 0.507 e. The number of fused-ring (bicyclic) bond motifs is 1. The number of aromatic carboxylic acids is 1. The number of carboxylic acids is 1. The second kappa shape index (κ2) is 4.93. The van der Waals surface area contributed by atoms with Crippen LogP contribution in [-0.2, 0) is 4.74 Å². The zero-order chi connectivity index (χ0) is 14.0. The van der Waals surface area contributed by atoms with Gasteiger partial charge >= 0.3 is 11.9 Å². The fourth-order valence-electron chi connectivity index (χ4n) is 1.75. The summed E-state index contributed by atoms with van der Waals surface area (Å²) in [5.41, 5.74) is 0.0928. The molecule has 0 aliphatic heterocycles. The van der Waals surface area contributed by atoms with Gasteiger partial charge in [-0.2, -0.15) is 0 Å². The molecule has 0 unspecified atom stereocenters. The number of hydrogen-bond acceptors (Lipinski definition) is 5. The molecule has 2 N–H and O–H groups in total. The standard InChI is InChI=1S/C13H11NO5/c1-2-19-13(18)7-4-3-5-8-11(7)10(15)6-9(14-8)12(16)17/h3-6H,2H2,1H3,(H,14,15)(H,16,17). The Bertz CT molecular complexity index is 665. The lowest BCUT2D eigenvalue weighted by atomic mass is 10.1. The summed E-state index contributed by atoms with van der Waals surface area (Å²) in [6, 6.07) is 5.56. The predicted octanol–water partition coefficient (Wildman–Crippen LogP) is 1.82. The summed E-state index contributed by atoms with van der Waals surface area (Å²) in [6.45, 7) is 1.88. The highest BCUT2D eigenvalue weighted by molar-refractivity contribution is 6.06. The highest BCUT2D eigenvalue weighted by Crippen LogP contribution is 2.28. The normalized spacial score (nSPS) is 10.4. The van der Waals surface area contributed by atoms with Gasteiger partial charge in [0.05, 0.1) is 23.1 Å². The van der Waals surface area contributed by atoms with Crippen molar-refractivity contribution in [3.8, 4) is 5.75 Å². The Morgan fingerprint density at radius 3 is 2.74 bits per heavy atom. The molecule has 2 aromatic rings. The molecule has 0 radical (unpaired) electrons. The number of rotatable bonds is 3. The third-order valence-electron chi connectivity index (χ3n) is 2.53. The molecule has 6 heteroatoms. The molecule has 1 aromatic carbocycles. The van der Waals surface area contributed by atoms with Crippen molar-refractivity contribution in [3.05, 3.63) is 35.5 Å². The van der Waals surface area contributed by atoms with Crippen LogP contribution < -0.4 is 0 Å². The first kappa shape index (κ1) is 12.8. The molecule has 6 nitrogen and oxygen atoms in total. The number of pyridine rings is 1. The van der Waals surface area contributed by atoms with E-state index in [0.717, 1.165) is 6.07 Å². The molecular weight excluding hydrogens is 250 g/mol. The van der Waals surface area contributed by atoms with E-state index >= 15 is 0 Å². The Hall–Kier alpha value is -2.63. The quantitative estimate of drug-likeness (QED) is 0.818. The van der Waals surface area contributed by atoms with Crippen LogP contribution in [0.25, 0.3) is 10.9 Å². The van der Waals surface area contributed by atoms with Crippen molar-refractivity contribution in [2.24, 2.45) is 0 Å². The minimum Gasteiger partial charge on any atom is -0.507 e. The number of aromatic hydroxyl groups is 1. The number of esters is 1. The van der Waals surface area contributed by atoms with Crippen molar-refractivity contribution in [1.82, 2.24) is 4.98 Å². The predicted molar refractivity (Wildman–Crippen MR) is 66.3 cm³/mol. The summed E-state index contributed by atoms with van der Waals surface area (Å²) in [5, 5.41) is 18.9. The van der Waals surface area contributed by atoms with E-state index < -0.39 is 11.9 Å². The Kier molecular flexibility index (Phi) is 3.33. The van der Waals surface area contributed by atoms with E-state index in [9.17, 15) is 14.7 Å². The zero-order valence-electron chi connectivity index (χ0n) is 10.1. The summed E-state index contributed by atoms with van der Waals surface area (Å²) >= 11 is 0. The molecular formula is C13H11NO5. The van der Waals surface area contributed by atoms with E-state index in [1.807, 2.05) is 0 Å². The van der Waals surface area contributed by atoms with Gasteiger partial charge in [-0.25, -0.2) is 14.6 Å². The summed E-state index contributed by atoms with van der Waals surface area (Å²) in [4.78, 5) is 26.5. The zero-order valence-corrected chi connectivity index (χ0v) is 10.1. The van der Waals surface area contributed by atoms with Gasteiger partial charge in [-0.15, -0.1) is 0 Å². The van der Waals surface area contributed by atoms with Crippen molar-refractivity contribution < 1.29 is 24.5 Å². The monoisotopic (exact) mass is 261 g/mol. The van der Waals surface area contributed by atoms with E-state index in [1.54, 1.807) is 13.0 Å². The minimum absolute atomic E-state index is 0.154. The second-order valence-corrected chi connectivity index (χ2v) is 3.75. The smallest absolute Gasteiger partial charge is 0.354 e. The molecule has 0 saturated carbocycles. The number of carboxylic acid groups (broad SMARTS) is 1. The lowest BCUT2D eigenvalue weighted by molar-refractivity contribution is 0.0528. The number of benzene rings is 1. The average Bonchev–Trinajstić information content (AvgIpc) is 2.38. The Morgan fingerprint density at radius 1 is 1.37 bits per heavy atom. The van der Waals surface area contributed by atoms with Gasteiger partial charge in [0.2, 0.25) is 0 Å². The lowest BCUT2D eigenvalue weighted by Gasteiger charge is -2.08. The van der Waals surface area contributed by atoms with Crippen molar-refractivity contribution in [1.29, 1.82) is 0 Å². The number of carbonyl (C=O) groups excluding carboxylic acids is 1. The van der Waals surface area contributed by atoms with Gasteiger partial charge in [-0.05, 0) is 19.1 Å². The molecule has 0 aliphatic rings. The molecule has 0 atom stereocenters. The molecule has 0 amide bonds. The van der Waals surface area contributed by atoms with Gasteiger partial charge in [0.15, 0.2) is 5.69 Å². The molecule has 1 aromatic heterocycles. The van der Waals surface area contributed by atoms with Crippen LogP contribution in [0.2, 0.25) is 0 Å². The molecule has 0 fully saturated rings. The number of ether oxygens (including phenoxy) is 1. The van der Waals surface area contributed by atoms with E-state index in [1.165, 1.54) is 12.1 Å². The highest BCUT2D eigenvalue weighted by atomic mass is 16.5.